The van der Waals surface area contributed by atoms with Crippen molar-refractivity contribution in [2.75, 3.05) is 49.5 Å². The molecule has 1 aliphatic rings. The number of aryl methyl sites for hydroxylation is 1. The van der Waals surface area contributed by atoms with Gasteiger partial charge in [-0.15, -0.1) is 0 Å². The number of rotatable bonds is 9. The van der Waals surface area contributed by atoms with Gasteiger partial charge in [-0.3, -0.25) is 9.69 Å². The lowest BCUT2D eigenvalue weighted by Crippen LogP contribution is -2.47. The molecule has 1 saturated heterocycles. The second-order valence-electron chi connectivity index (χ2n) is 9.76. The normalized spacial score (nSPS) is 13.8. The molecule has 1 aliphatic heterocycles. The number of piperazine rings is 1. The van der Waals surface area contributed by atoms with Crippen LogP contribution in [-0.4, -0.2) is 64.9 Å². The first-order valence-electron chi connectivity index (χ1n) is 13.3. The Bertz CT molecular complexity index is 1450. The molecule has 8 nitrogen and oxygen atoms in total. The highest BCUT2D eigenvalue weighted by Gasteiger charge is 2.18. The summed E-state index contributed by atoms with van der Waals surface area (Å²) in [6.45, 7) is 9.05. The van der Waals surface area contributed by atoms with Crippen LogP contribution < -0.4 is 15.0 Å². The first-order chi connectivity index (χ1) is 19.4. The molecule has 2 aromatic heterocycles. The highest BCUT2D eigenvalue weighted by Crippen LogP contribution is 2.25. The molecular formula is C30H32ClFN6O2. The van der Waals surface area contributed by atoms with Crippen LogP contribution in [0.1, 0.15) is 28.2 Å². The number of pyridine rings is 1. The van der Waals surface area contributed by atoms with Gasteiger partial charge in [0.2, 0.25) is 0 Å². The van der Waals surface area contributed by atoms with E-state index in [1.54, 1.807) is 50.2 Å². The second kappa shape index (κ2) is 12.5. The van der Waals surface area contributed by atoms with Crippen molar-refractivity contribution in [3.63, 3.8) is 0 Å². The minimum absolute atomic E-state index is 0.263. The van der Waals surface area contributed by atoms with Crippen molar-refractivity contribution in [2.24, 2.45) is 0 Å². The monoisotopic (exact) mass is 562 g/mol. The van der Waals surface area contributed by atoms with Crippen LogP contribution in [0.2, 0.25) is 5.02 Å². The van der Waals surface area contributed by atoms with E-state index in [1.165, 1.54) is 10.7 Å². The molecule has 208 valence electrons. The fourth-order valence-electron chi connectivity index (χ4n) is 4.74. The van der Waals surface area contributed by atoms with E-state index in [2.05, 4.69) is 31.3 Å². The number of benzene rings is 2. The zero-order chi connectivity index (χ0) is 28.1. The molecule has 4 aromatic rings. The average Bonchev–Trinajstić information content (AvgIpc) is 3.23. The summed E-state index contributed by atoms with van der Waals surface area (Å²) in [5.41, 5.74) is 2.34. The van der Waals surface area contributed by atoms with Crippen LogP contribution in [-0.2, 0) is 0 Å². The molecule has 5 rings (SSSR count). The summed E-state index contributed by atoms with van der Waals surface area (Å²) in [6.07, 6.45) is 2.75. The van der Waals surface area contributed by atoms with Gasteiger partial charge in [0.25, 0.3) is 5.91 Å². The van der Waals surface area contributed by atoms with Gasteiger partial charge in [-0.1, -0.05) is 17.7 Å². The Labute approximate surface area is 238 Å². The topological polar surface area (TPSA) is 75.5 Å². The molecule has 0 saturated carbocycles. The van der Waals surface area contributed by atoms with Crippen molar-refractivity contribution in [1.29, 1.82) is 0 Å². The van der Waals surface area contributed by atoms with Crippen molar-refractivity contribution >= 4 is 29.0 Å². The number of hydrogen-bond acceptors (Lipinski definition) is 6. The minimum atomic E-state index is -0.515. The van der Waals surface area contributed by atoms with Gasteiger partial charge < -0.3 is 15.0 Å². The smallest absolute Gasteiger partial charge is 0.255 e. The number of nitrogens with one attached hydrogen (secondary N) is 1. The zero-order valence-corrected chi connectivity index (χ0v) is 23.4. The third-order valence-corrected chi connectivity index (χ3v) is 7.53. The van der Waals surface area contributed by atoms with Gasteiger partial charge in [-0.25, -0.2) is 14.1 Å². The van der Waals surface area contributed by atoms with E-state index in [0.717, 1.165) is 45.0 Å². The van der Waals surface area contributed by atoms with E-state index in [0.29, 0.717) is 40.0 Å². The van der Waals surface area contributed by atoms with E-state index in [-0.39, 0.29) is 11.6 Å². The molecule has 40 heavy (non-hydrogen) atoms. The van der Waals surface area contributed by atoms with Crippen molar-refractivity contribution in [3.8, 4) is 11.4 Å². The van der Waals surface area contributed by atoms with E-state index in [9.17, 15) is 9.18 Å². The summed E-state index contributed by atoms with van der Waals surface area (Å²) in [5, 5.41) is 7.53. The van der Waals surface area contributed by atoms with Crippen LogP contribution in [0.25, 0.3) is 5.69 Å². The lowest BCUT2D eigenvalue weighted by atomic mass is 10.2. The molecule has 0 spiro atoms. The number of anilines is 2. The van der Waals surface area contributed by atoms with E-state index >= 15 is 0 Å². The number of carbonyl (C=O) groups excluding carboxylic acids is 1. The minimum Gasteiger partial charge on any atom is -0.494 e. The summed E-state index contributed by atoms with van der Waals surface area (Å²) in [4.78, 5) is 21.9. The molecule has 0 atom stereocenters. The summed E-state index contributed by atoms with van der Waals surface area (Å²) in [7, 11) is 0. The number of ether oxygens (including phenoxy) is 1. The van der Waals surface area contributed by atoms with E-state index in [1.807, 2.05) is 18.3 Å². The standard InChI is InChI=1S/C30H32ClFN6O2/c1-21-29(31)22(2)38(35-21)27-12-9-24(20-26(27)32)34-30(39)23-7-10-25(11-8-23)40-19-5-14-36-15-17-37(18-16-36)28-6-3-4-13-33-28/h3-4,6-13,20H,5,14-19H2,1-2H3,(H,34,39). The Balaban J connectivity index is 1.06. The molecule has 0 radical (unpaired) electrons. The van der Waals surface area contributed by atoms with Gasteiger partial charge in [0, 0.05) is 50.2 Å². The van der Waals surface area contributed by atoms with Gasteiger partial charge in [0.1, 0.15) is 17.3 Å². The molecule has 0 bridgehead atoms. The highest BCUT2D eigenvalue weighted by molar-refractivity contribution is 6.31. The Morgan fingerprint density at radius 2 is 1.82 bits per heavy atom. The van der Waals surface area contributed by atoms with Crippen molar-refractivity contribution in [2.45, 2.75) is 20.3 Å². The maximum Gasteiger partial charge on any atom is 0.255 e. The van der Waals surface area contributed by atoms with E-state index < -0.39 is 5.82 Å². The second-order valence-corrected chi connectivity index (χ2v) is 10.1. The molecule has 1 N–H and O–H groups in total. The number of amides is 1. The lowest BCUT2D eigenvalue weighted by molar-refractivity contribution is 0.102. The van der Waals surface area contributed by atoms with Crippen molar-refractivity contribution < 1.29 is 13.9 Å². The molecule has 1 fully saturated rings. The Hall–Kier alpha value is -3.95. The highest BCUT2D eigenvalue weighted by atomic mass is 35.5. The van der Waals surface area contributed by atoms with Crippen LogP contribution >= 0.6 is 11.6 Å². The van der Waals surface area contributed by atoms with Gasteiger partial charge in [0.15, 0.2) is 5.82 Å². The fraction of sp³-hybridized carbons (Fsp3) is 0.300. The zero-order valence-electron chi connectivity index (χ0n) is 22.6. The van der Waals surface area contributed by atoms with Gasteiger partial charge >= 0.3 is 0 Å². The van der Waals surface area contributed by atoms with Crippen LogP contribution in [0, 0.1) is 19.7 Å². The molecule has 0 aliphatic carbocycles. The van der Waals surface area contributed by atoms with Gasteiger partial charge in [0.05, 0.1) is 23.0 Å². The Morgan fingerprint density at radius 3 is 2.48 bits per heavy atom. The summed E-state index contributed by atoms with van der Waals surface area (Å²) < 4.78 is 22.2. The number of hydrogen-bond donors (Lipinski definition) is 1. The average molecular weight is 563 g/mol. The van der Waals surface area contributed by atoms with Crippen LogP contribution in [0.3, 0.4) is 0 Å². The summed E-state index contributed by atoms with van der Waals surface area (Å²) >= 11 is 6.19. The molecule has 10 heteroatoms. The predicted octanol–water partition coefficient (Wildman–Crippen LogP) is 5.52. The lowest BCUT2D eigenvalue weighted by Gasteiger charge is -2.35. The summed E-state index contributed by atoms with van der Waals surface area (Å²) in [6, 6.07) is 17.4. The summed E-state index contributed by atoms with van der Waals surface area (Å²) in [5.74, 6) is 0.890. The number of carbonyl (C=O) groups is 1. The Morgan fingerprint density at radius 1 is 1.05 bits per heavy atom. The van der Waals surface area contributed by atoms with E-state index in [4.69, 9.17) is 16.3 Å². The maximum absolute atomic E-state index is 14.8. The van der Waals surface area contributed by atoms with Crippen molar-refractivity contribution in [1.82, 2.24) is 19.7 Å². The SMILES string of the molecule is Cc1nn(-c2ccc(NC(=O)c3ccc(OCCCN4CCN(c5ccccn5)CC4)cc3)cc2F)c(C)c1Cl. The number of halogens is 2. The largest absolute Gasteiger partial charge is 0.494 e. The molecule has 1 amide bonds. The number of nitrogens with zero attached hydrogens (tertiary/aromatic N) is 5. The molecule has 3 heterocycles. The quantitative estimate of drug-likeness (QED) is 0.271. The van der Waals surface area contributed by atoms with Crippen LogP contribution in [0.5, 0.6) is 5.75 Å². The molecule has 0 unspecified atom stereocenters. The third-order valence-electron chi connectivity index (χ3n) is 6.99. The van der Waals surface area contributed by atoms with Crippen LogP contribution in [0.4, 0.5) is 15.9 Å². The third kappa shape index (κ3) is 6.43. The first kappa shape index (κ1) is 27.6. The maximum atomic E-state index is 14.8. The van der Waals surface area contributed by atoms with Gasteiger partial charge in [-0.2, -0.15) is 5.10 Å². The Kier molecular flexibility index (Phi) is 8.62. The van der Waals surface area contributed by atoms with Gasteiger partial charge in [-0.05, 0) is 74.9 Å². The predicted molar refractivity (Wildman–Crippen MR) is 155 cm³/mol. The molecular weight excluding hydrogens is 531 g/mol. The number of aromatic nitrogens is 3. The van der Waals surface area contributed by atoms with Crippen molar-refractivity contribution in [3.05, 3.63) is 94.7 Å². The first-order valence-corrected chi connectivity index (χ1v) is 13.7. The van der Waals surface area contributed by atoms with Crippen LogP contribution in [0.15, 0.2) is 66.9 Å². The fourth-order valence-corrected chi connectivity index (χ4v) is 4.86. The molecule has 2 aromatic carbocycles.